The first-order valence-corrected chi connectivity index (χ1v) is 11.2. The first-order valence-electron chi connectivity index (χ1n) is 10.3. The molecule has 2 aromatic carbocycles. The van der Waals surface area contributed by atoms with Crippen LogP contribution in [0, 0.1) is 20.2 Å². The van der Waals surface area contributed by atoms with E-state index in [0.29, 0.717) is 10.4 Å². The molecule has 0 amide bonds. The Balaban J connectivity index is 1.48. The molecule has 2 heterocycles. The predicted molar refractivity (Wildman–Crippen MR) is 127 cm³/mol. The van der Waals surface area contributed by atoms with E-state index in [1.165, 1.54) is 0 Å². The van der Waals surface area contributed by atoms with Crippen LogP contribution in [-0.2, 0) is 13.6 Å². The Labute approximate surface area is 197 Å². The van der Waals surface area contributed by atoms with Crippen LogP contribution in [0.1, 0.15) is 6.92 Å². The average molecular weight is 482 g/mol. The number of imidazole rings is 1. The second-order valence-electron chi connectivity index (χ2n) is 7.43. The van der Waals surface area contributed by atoms with Crippen LogP contribution in [0.4, 0.5) is 27.9 Å². The molecule has 13 heteroatoms. The topological polar surface area (TPSA) is 136 Å². The van der Waals surface area contributed by atoms with Gasteiger partial charge in [0.15, 0.2) is 0 Å². The zero-order valence-corrected chi connectivity index (χ0v) is 19.3. The number of fused-ring (bicyclic) bond motifs is 1. The second kappa shape index (κ2) is 9.70. The third kappa shape index (κ3) is 5.04. The van der Waals surface area contributed by atoms with Gasteiger partial charge >= 0.3 is 11.4 Å². The molecule has 0 bridgehead atoms. The van der Waals surface area contributed by atoms with Gasteiger partial charge in [-0.1, -0.05) is 11.3 Å². The maximum absolute atomic E-state index is 11.1. The summed E-state index contributed by atoms with van der Waals surface area (Å²) in [5.41, 5.74) is 0.770. The number of azo groups is 1. The lowest BCUT2D eigenvalue weighted by molar-refractivity contribution is -0.671. The summed E-state index contributed by atoms with van der Waals surface area (Å²) in [6.07, 6.45) is 6.08. The van der Waals surface area contributed by atoms with Crippen molar-refractivity contribution < 1.29 is 14.4 Å². The minimum Gasteiger partial charge on any atom is -0.368 e. The lowest BCUT2D eigenvalue weighted by Gasteiger charge is -2.22. The van der Waals surface area contributed by atoms with E-state index in [1.807, 2.05) is 54.6 Å². The fraction of sp³-hybridized carbons (Fsp3) is 0.238. The highest BCUT2D eigenvalue weighted by atomic mass is 32.1. The SMILES string of the molecule is CCN(CCn1cc[n+](C)c1)c1ccc(/N=N/c2nc3cc([N+](=O)[O-])c([N+](=O)[O-])cc3s2)cc1. The van der Waals surface area contributed by atoms with Crippen LogP contribution in [0.25, 0.3) is 10.2 Å². The molecule has 0 fully saturated rings. The first kappa shape index (κ1) is 22.9. The zero-order valence-electron chi connectivity index (χ0n) is 18.4. The van der Waals surface area contributed by atoms with E-state index in [1.54, 1.807) is 0 Å². The lowest BCUT2D eigenvalue weighted by Crippen LogP contribution is -2.28. The Kier molecular flexibility index (Phi) is 6.54. The summed E-state index contributed by atoms with van der Waals surface area (Å²) >= 11 is 1.08. The Bertz CT molecular complexity index is 1330. The highest BCUT2D eigenvalue weighted by Crippen LogP contribution is 2.37. The number of aryl methyl sites for hydroxylation is 1. The molecule has 0 spiro atoms. The molecule has 0 saturated heterocycles. The summed E-state index contributed by atoms with van der Waals surface area (Å²) in [6.45, 7) is 4.68. The van der Waals surface area contributed by atoms with Crippen molar-refractivity contribution in [3.63, 3.8) is 0 Å². The number of hydrogen-bond donors (Lipinski definition) is 0. The number of hydrogen-bond acceptors (Lipinski definition) is 9. The molecule has 0 aliphatic rings. The summed E-state index contributed by atoms with van der Waals surface area (Å²) in [4.78, 5) is 27.2. The average Bonchev–Trinajstić information content (AvgIpc) is 3.42. The van der Waals surface area contributed by atoms with Crippen molar-refractivity contribution in [3.8, 4) is 0 Å². The largest absolute Gasteiger partial charge is 0.368 e. The van der Waals surface area contributed by atoms with E-state index in [9.17, 15) is 20.2 Å². The highest BCUT2D eigenvalue weighted by Gasteiger charge is 2.26. The molecule has 4 rings (SSSR count). The fourth-order valence-corrected chi connectivity index (χ4v) is 4.25. The molecular formula is C21H21N8O4S+. The molecule has 0 N–H and O–H groups in total. The van der Waals surface area contributed by atoms with Gasteiger partial charge in [0.1, 0.15) is 18.9 Å². The van der Waals surface area contributed by atoms with Crippen molar-refractivity contribution in [1.29, 1.82) is 0 Å². The van der Waals surface area contributed by atoms with Crippen LogP contribution < -0.4 is 9.47 Å². The van der Waals surface area contributed by atoms with Crippen molar-refractivity contribution in [1.82, 2.24) is 9.55 Å². The van der Waals surface area contributed by atoms with E-state index in [2.05, 4.69) is 31.6 Å². The monoisotopic (exact) mass is 481 g/mol. The van der Waals surface area contributed by atoms with E-state index < -0.39 is 21.2 Å². The van der Waals surface area contributed by atoms with Crippen LogP contribution in [0.15, 0.2) is 65.3 Å². The number of thiazole rings is 1. The van der Waals surface area contributed by atoms with E-state index >= 15 is 0 Å². The van der Waals surface area contributed by atoms with Gasteiger partial charge in [-0.2, -0.15) is 0 Å². The first-order chi connectivity index (χ1) is 16.3. The number of nitrogens with zero attached hydrogens (tertiary/aromatic N) is 8. The molecule has 2 aromatic heterocycles. The molecule has 0 aliphatic carbocycles. The van der Waals surface area contributed by atoms with Gasteiger partial charge < -0.3 is 4.90 Å². The third-order valence-electron chi connectivity index (χ3n) is 5.17. The summed E-state index contributed by atoms with van der Waals surface area (Å²) in [5.74, 6) is 0. The third-order valence-corrected chi connectivity index (χ3v) is 6.07. The van der Waals surface area contributed by atoms with Gasteiger partial charge in [-0.05, 0) is 31.2 Å². The summed E-state index contributed by atoms with van der Waals surface area (Å²) < 4.78 is 4.56. The molecule has 34 heavy (non-hydrogen) atoms. The molecule has 12 nitrogen and oxygen atoms in total. The minimum atomic E-state index is -0.794. The molecule has 0 unspecified atom stereocenters. The normalized spacial score (nSPS) is 11.4. The van der Waals surface area contributed by atoms with Crippen LogP contribution in [0.3, 0.4) is 0 Å². The van der Waals surface area contributed by atoms with Gasteiger partial charge in [-0.15, -0.1) is 10.2 Å². The standard InChI is InChI=1S/C21H21N8O4S/c1-3-27(11-10-26-9-8-25(2)14-26)16-6-4-15(5-7-16)23-24-21-22-17-12-18(28(30)31)19(29(32)33)13-20(17)34-21/h4-9,12-14H,3,10-11H2,1-2H3/q+1/b24-23+. The van der Waals surface area contributed by atoms with E-state index in [4.69, 9.17) is 0 Å². The maximum atomic E-state index is 11.1. The number of rotatable bonds is 9. The number of nitro groups is 2. The summed E-state index contributed by atoms with van der Waals surface area (Å²) in [7, 11) is 1.99. The Hall–Kier alpha value is -4.26. The van der Waals surface area contributed by atoms with Gasteiger partial charge in [0, 0.05) is 18.3 Å². The van der Waals surface area contributed by atoms with Gasteiger partial charge in [0.05, 0.1) is 45.4 Å². The molecule has 0 aliphatic heterocycles. The van der Waals surface area contributed by atoms with Gasteiger partial charge in [-0.3, -0.25) is 20.2 Å². The van der Waals surface area contributed by atoms with Crippen molar-refractivity contribution in [2.24, 2.45) is 17.3 Å². The number of anilines is 1. The lowest BCUT2D eigenvalue weighted by atomic mass is 10.2. The smallest absolute Gasteiger partial charge is 0.348 e. The van der Waals surface area contributed by atoms with Crippen molar-refractivity contribution in [3.05, 3.63) is 75.3 Å². The molecular weight excluding hydrogens is 460 g/mol. The van der Waals surface area contributed by atoms with Crippen LogP contribution >= 0.6 is 11.3 Å². The molecule has 4 aromatic rings. The number of benzene rings is 2. The zero-order chi connectivity index (χ0) is 24.2. The van der Waals surface area contributed by atoms with Gasteiger partial charge in [0.2, 0.25) is 11.5 Å². The molecule has 174 valence electrons. The second-order valence-corrected chi connectivity index (χ2v) is 8.44. The Morgan fingerprint density at radius 3 is 2.44 bits per heavy atom. The minimum absolute atomic E-state index is 0.254. The number of likely N-dealkylation sites (N-methyl/N-ethyl adjacent to an activating group) is 1. The molecule has 0 saturated carbocycles. The number of aromatic nitrogens is 3. The Morgan fingerprint density at radius 2 is 1.82 bits per heavy atom. The van der Waals surface area contributed by atoms with Crippen LogP contribution in [-0.4, -0.2) is 32.5 Å². The quantitative estimate of drug-likeness (QED) is 0.147. The maximum Gasteiger partial charge on any atom is 0.348 e. The predicted octanol–water partition coefficient (Wildman–Crippen LogP) is 4.68. The van der Waals surface area contributed by atoms with Crippen LogP contribution in [0.5, 0.6) is 0 Å². The van der Waals surface area contributed by atoms with Gasteiger partial charge in [-0.25, -0.2) is 14.1 Å². The highest BCUT2D eigenvalue weighted by molar-refractivity contribution is 7.22. The van der Waals surface area contributed by atoms with E-state index in [0.717, 1.165) is 48.8 Å². The van der Waals surface area contributed by atoms with E-state index in [-0.39, 0.29) is 10.6 Å². The van der Waals surface area contributed by atoms with Crippen molar-refractivity contribution in [2.75, 3.05) is 18.0 Å². The van der Waals surface area contributed by atoms with Gasteiger partial charge in [0.25, 0.3) is 0 Å². The molecule has 0 radical (unpaired) electrons. The van der Waals surface area contributed by atoms with Crippen LogP contribution in [0.2, 0.25) is 0 Å². The fourth-order valence-electron chi connectivity index (χ4n) is 3.45. The van der Waals surface area contributed by atoms with Crippen molar-refractivity contribution >= 4 is 49.4 Å². The van der Waals surface area contributed by atoms with Crippen molar-refractivity contribution in [2.45, 2.75) is 13.5 Å². The Morgan fingerprint density at radius 1 is 1.12 bits per heavy atom. The summed E-state index contributed by atoms with van der Waals surface area (Å²) in [5, 5.41) is 30.8. The number of nitro benzene ring substituents is 2. The molecule has 0 atom stereocenters. The summed E-state index contributed by atoms with van der Waals surface area (Å²) in [6, 6.07) is 9.87.